The third kappa shape index (κ3) is 5.22. The van der Waals surface area contributed by atoms with Gasteiger partial charge in [0.1, 0.15) is 12.4 Å². The summed E-state index contributed by atoms with van der Waals surface area (Å²) in [5, 5.41) is 3.99. The molecule has 0 aliphatic carbocycles. The number of halogens is 1. The van der Waals surface area contributed by atoms with Crippen molar-refractivity contribution in [2.45, 2.75) is 6.92 Å². The predicted molar refractivity (Wildman–Crippen MR) is 115 cm³/mol. The normalized spacial score (nSPS) is 11.8. The zero-order valence-electron chi connectivity index (χ0n) is 15.5. The molecule has 138 valence electrons. The summed E-state index contributed by atoms with van der Waals surface area (Å²) in [5.74, 6) is 0.861. The van der Waals surface area contributed by atoms with E-state index in [0.29, 0.717) is 6.61 Å². The van der Waals surface area contributed by atoms with Crippen LogP contribution in [0.2, 0.25) is 0 Å². The van der Waals surface area contributed by atoms with Crippen LogP contribution in [0.15, 0.2) is 84.9 Å². The van der Waals surface area contributed by atoms with Gasteiger partial charge in [-0.1, -0.05) is 91.3 Å². The number of hydrogen-bond acceptors (Lipinski definition) is 2. The highest BCUT2D eigenvalue weighted by Gasteiger charge is 2.12. The Balaban J connectivity index is 1.92. The van der Waals surface area contributed by atoms with E-state index in [2.05, 4.69) is 36.5 Å². The number of ether oxygens (including phenoxy) is 1. The van der Waals surface area contributed by atoms with Crippen molar-refractivity contribution in [2.75, 3.05) is 19.7 Å². The van der Waals surface area contributed by atoms with Crippen LogP contribution in [0.25, 0.3) is 10.6 Å². The SMILES string of the molecule is CCNCCOc1ccc(/C(=C(\Cl)c2ccccc2)c2ccccc2)cc1. The lowest BCUT2D eigenvalue weighted by atomic mass is 9.95. The van der Waals surface area contributed by atoms with Gasteiger partial charge in [-0.2, -0.15) is 0 Å². The highest BCUT2D eigenvalue weighted by atomic mass is 35.5. The topological polar surface area (TPSA) is 21.3 Å². The number of likely N-dealkylation sites (N-methyl/N-ethyl adjacent to an activating group) is 1. The third-order valence-electron chi connectivity index (χ3n) is 4.25. The Kier molecular flexibility index (Phi) is 7.09. The van der Waals surface area contributed by atoms with Crippen LogP contribution in [0.5, 0.6) is 5.75 Å². The van der Waals surface area contributed by atoms with E-state index in [1.54, 1.807) is 0 Å². The lowest BCUT2D eigenvalue weighted by Crippen LogP contribution is -2.20. The second kappa shape index (κ2) is 9.96. The summed E-state index contributed by atoms with van der Waals surface area (Å²) in [4.78, 5) is 0. The van der Waals surface area contributed by atoms with Gasteiger partial charge in [-0.25, -0.2) is 0 Å². The van der Waals surface area contributed by atoms with E-state index < -0.39 is 0 Å². The molecule has 0 saturated heterocycles. The maximum absolute atomic E-state index is 6.84. The molecule has 0 spiro atoms. The van der Waals surface area contributed by atoms with Gasteiger partial charge >= 0.3 is 0 Å². The first-order valence-electron chi connectivity index (χ1n) is 9.24. The van der Waals surface area contributed by atoms with E-state index in [-0.39, 0.29) is 0 Å². The summed E-state index contributed by atoms with van der Waals surface area (Å²) >= 11 is 6.84. The van der Waals surface area contributed by atoms with Crippen LogP contribution >= 0.6 is 11.6 Å². The highest BCUT2D eigenvalue weighted by molar-refractivity contribution is 6.53. The van der Waals surface area contributed by atoms with E-state index in [1.165, 1.54) is 0 Å². The van der Waals surface area contributed by atoms with Crippen molar-refractivity contribution in [1.82, 2.24) is 5.32 Å². The lowest BCUT2D eigenvalue weighted by molar-refractivity contribution is 0.315. The average molecular weight is 378 g/mol. The first kappa shape index (κ1) is 19.2. The Bertz CT molecular complexity index is 858. The lowest BCUT2D eigenvalue weighted by Gasteiger charge is -2.13. The van der Waals surface area contributed by atoms with Crippen molar-refractivity contribution < 1.29 is 4.74 Å². The van der Waals surface area contributed by atoms with Crippen molar-refractivity contribution in [3.05, 3.63) is 102 Å². The minimum Gasteiger partial charge on any atom is -0.492 e. The number of rotatable bonds is 8. The van der Waals surface area contributed by atoms with Gasteiger partial charge in [0.25, 0.3) is 0 Å². The van der Waals surface area contributed by atoms with Crippen molar-refractivity contribution >= 4 is 22.2 Å². The van der Waals surface area contributed by atoms with Crippen LogP contribution in [-0.4, -0.2) is 19.7 Å². The van der Waals surface area contributed by atoms with Crippen molar-refractivity contribution in [2.24, 2.45) is 0 Å². The predicted octanol–water partition coefficient (Wildman–Crippen LogP) is 5.83. The fourth-order valence-electron chi connectivity index (χ4n) is 2.89. The molecule has 0 bridgehead atoms. The largest absolute Gasteiger partial charge is 0.492 e. The summed E-state index contributed by atoms with van der Waals surface area (Å²) in [6.07, 6.45) is 0. The van der Waals surface area contributed by atoms with E-state index in [9.17, 15) is 0 Å². The fourth-order valence-corrected chi connectivity index (χ4v) is 3.23. The summed E-state index contributed by atoms with van der Waals surface area (Å²) in [7, 11) is 0. The van der Waals surface area contributed by atoms with Crippen LogP contribution in [0.1, 0.15) is 23.6 Å². The molecule has 3 heteroatoms. The molecule has 27 heavy (non-hydrogen) atoms. The molecule has 0 heterocycles. The minimum absolute atomic E-state index is 0.652. The second-order valence-corrected chi connectivity index (χ2v) is 6.53. The van der Waals surface area contributed by atoms with Crippen molar-refractivity contribution in [3.63, 3.8) is 0 Å². The molecule has 3 rings (SSSR count). The Hall–Kier alpha value is -2.55. The maximum Gasteiger partial charge on any atom is 0.119 e. The van der Waals surface area contributed by atoms with Gasteiger partial charge in [-0.3, -0.25) is 0 Å². The van der Waals surface area contributed by atoms with Gasteiger partial charge in [-0.05, 0) is 35.4 Å². The van der Waals surface area contributed by atoms with E-state index in [1.807, 2.05) is 60.7 Å². The Morgan fingerprint density at radius 2 is 1.33 bits per heavy atom. The number of nitrogens with one attached hydrogen (secondary N) is 1. The monoisotopic (exact) mass is 377 g/mol. The van der Waals surface area contributed by atoms with E-state index >= 15 is 0 Å². The summed E-state index contributed by atoms with van der Waals surface area (Å²) in [6, 6.07) is 28.4. The van der Waals surface area contributed by atoms with Crippen LogP contribution in [0, 0.1) is 0 Å². The van der Waals surface area contributed by atoms with Crippen molar-refractivity contribution in [3.8, 4) is 5.75 Å². The average Bonchev–Trinajstić information content (AvgIpc) is 2.74. The third-order valence-corrected chi connectivity index (χ3v) is 4.66. The van der Waals surface area contributed by atoms with Gasteiger partial charge in [-0.15, -0.1) is 0 Å². The van der Waals surface area contributed by atoms with Crippen LogP contribution in [-0.2, 0) is 0 Å². The minimum atomic E-state index is 0.652. The quantitative estimate of drug-likeness (QED) is 0.394. The molecular formula is C24H24ClNO. The molecule has 1 N–H and O–H groups in total. The van der Waals surface area contributed by atoms with Gasteiger partial charge in [0.05, 0.1) is 5.03 Å². The molecule has 0 aliphatic heterocycles. The molecule has 3 aromatic carbocycles. The fraction of sp³-hybridized carbons (Fsp3) is 0.167. The van der Waals surface area contributed by atoms with Crippen LogP contribution < -0.4 is 10.1 Å². The molecular weight excluding hydrogens is 354 g/mol. The second-order valence-electron chi connectivity index (χ2n) is 6.15. The molecule has 3 aromatic rings. The Morgan fingerprint density at radius 1 is 0.778 bits per heavy atom. The van der Waals surface area contributed by atoms with Gasteiger partial charge in [0.2, 0.25) is 0 Å². The molecule has 2 nitrogen and oxygen atoms in total. The zero-order valence-corrected chi connectivity index (χ0v) is 16.2. The van der Waals surface area contributed by atoms with Crippen LogP contribution in [0.3, 0.4) is 0 Å². The molecule has 0 fully saturated rings. The Morgan fingerprint density at radius 3 is 1.93 bits per heavy atom. The maximum atomic E-state index is 6.84. The molecule has 0 aliphatic rings. The van der Waals surface area contributed by atoms with Gasteiger partial charge < -0.3 is 10.1 Å². The molecule has 0 atom stereocenters. The smallest absolute Gasteiger partial charge is 0.119 e. The number of benzene rings is 3. The summed E-state index contributed by atoms with van der Waals surface area (Å²) < 4.78 is 5.78. The molecule has 0 unspecified atom stereocenters. The Labute approximate surface area is 166 Å². The summed E-state index contributed by atoms with van der Waals surface area (Å²) in [6.45, 7) is 4.53. The highest BCUT2D eigenvalue weighted by Crippen LogP contribution is 2.35. The molecule has 0 radical (unpaired) electrons. The van der Waals surface area contributed by atoms with Crippen LogP contribution in [0.4, 0.5) is 0 Å². The van der Waals surface area contributed by atoms with E-state index in [4.69, 9.17) is 16.3 Å². The first-order chi connectivity index (χ1) is 13.3. The molecule has 0 aromatic heterocycles. The number of hydrogen-bond donors (Lipinski definition) is 1. The zero-order chi connectivity index (χ0) is 18.9. The standard InChI is InChI=1S/C24H24ClNO/c1-2-26-17-18-27-22-15-13-20(14-16-22)23(19-9-5-3-6-10-19)24(25)21-11-7-4-8-12-21/h3-16,26H,2,17-18H2,1H3/b24-23-. The van der Waals surface area contributed by atoms with Gasteiger partial charge in [0.15, 0.2) is 0 Å². The van der Waals surface area contributed by atoms with E-state index in [0.717, 1.165) is 46.1 Å². The first-order valence-corrected chi connectivity index (χ1v) is 9.62. The van der Waals surface area contributed by atoms with Gasteiger partial charge in [0, 0.05) is 12.1 Å². The van der Waals surface area contributed by atoms with Crippen molar-refractivity contribution in [1.29, 1.82) is 0 Å². The summed E-state index contributed by atoms with van der Waals surface area (Å²) in [5.41, 5.74) is 4.17. The molecule has 0 saturated carbocycles. The molecule has 0 amide bonds.